The number of hydrogen-bond acceptors (Lipinski definition) is 5. The van der Waals surface area contributed by atoms with E-state index in [0.717, 1.165) is 11.3 Å². The first kappa shape index (κ1) is 20.3. The number of hydrogen-bond donors (Lipinski definition) is 0. The molecule has 0 bridgehead atoms. The third kappa shape index (κ3) is 4.77. The van der Waals surface area contributed by atoms with E-state index in [-0.39, 0.29) is 0 Å². The Morgan fingerprint density at radius 1 is 1.12 bits per heavy atom. The molecule has 0 atom stereocenters. The maximum atomic E-state index is 12.0. The Labute approximate surface area is 156 Å². The second kappa shape index (κ2) is 8.10. The lowest BCUT2D eigenvalue weighted by Crippen LogP contribution is -2.41. The minimum atomic E-state index is -0.640. The van der Waals surface area contributed by atoms with Crippen LogP contribution in [0.5, 0.6) is 5.75 Å². The molecule has 0 radical (unpaired) electrons. The van der Waals surface area contributed by atoms with E-state index in [4.69, 9.17) is 18.8 Å². The molecule has 140 valence electrons. The van der Waals surface area contributed by atoms with Gasteiger partial charge in [0.05, 0.1) is 24.9 Å². The standard InChI is InChI=1S/C20H27BO5/c1-7-24-18(22)14-16(21-25-19(2,3)20(4,5)26-21)11-8-15-9-12-17(23-6)13-10-15/h8-14H,7H2,1-6H3/b11-8+,16-14-. The summed E-state index contributed by atoms with van der Waals surface area (Å²) in [6, 6.07) is 7.62. The number of ether oxygens (including phenoxy) is 2. The molecule has 1 fully saturated rings. The number of rotatable bonds is 6. The summed E-state index contributed by atoms with van der Waals surface area (Å²) in [4.78, 5) is 12.0. The van der Waals surface area contributed by atoms with Crippen molar-refractivity contribution in [2.75, 3.05) is 13.7 Å². The first-order chi connectivity index (χ1) is 12.2. The van der Waals surface area contributed by atoms with E-state index in [9.17, 15) is 4.79 Å². The molecule has 0 aromatic heterocycles. The Kier molecular flexibility index (Phi) is 6.32. The van der Waals surface area contributed by atoms with E-state index < -0.39 is 24.3 Å². The number of carbonyl (C=O) groups is 1. The fraction of sp³-hybridized carbons (Fsp3) is 0.450. The van der Waals surface area contributed by atoms with E-state index in [2.05, 4.69) is 0 Å². The van der Waals surface area contributed by atoms with Gasteiger partial charge in [-0.05, 0) is 57.8 Å². The van der Waals surface area contributed by atoms with Crippen molar-refractivity contribution in [3.05, 3.63) is 47.5 Å². The minimum absolute atomic E-state index is 0.314. The number of allylic oxidation sites excluding steroid dienone is 2. The molecule has 1 aromatic rings. The molecule has 26 heavy (non-hydrogen) atoms. The van der Waals surface area contributed by atoms with Gasteiger partial charge in [-0.2, -0.15) is 0 Å². The smallest absolute Gasteiger partial charge is 0.495 e. The van der Waals surface area contributed by atoms with Crippen molar-refractivity contribution in [1.82, 2.24) is 0 Å². The van der Waals surface area contributed by atoms with Crippen molar-refractivity contribution in [3.63, 3.8) is 0 Å². The summed E-state index contributed by atoms with van der Waals surface area (Å²) >= 11 is 0. The molecular weight excluding hydrogens is 331 g/mol. The predicted molar refractivity (Wildman–Crippen MR) is 103 cm³/mol. The van der Waals surface area contributed by atoms with Crippen molar-refractivity contribution in [2.24, 2.45) is 0 Å². The van der Waals surface area contributed by atoms with Gasteiger partial charge < -0.3 is 18.8 Å². The Bertz CT molecular complexity index is 673. The molecule has 6 heteroatoms. The summed E-state index contributed by atoms with van der Waals surface area (Å²) in [6.45, 7) is 9.98. The summed E-state index contributed by atoms with van der Waals surface area (Å²) in [5.41, 5.74) is 0.605. The van der Waals surface area contributed by atoms with Gasteiger partial charge in [0, 0.05) is 6.08 Å². The lowest BCUT2D eigenvalue weighted by Gasteiger charge is -2.32. The lowest BCUT2D eigenvalue weighted by molar-refractivity contribution is -0.137. The molecule has 1 saturated heterocycles. The Morgan fingerprint density at radius 3 is 2.19 bits per heavy atom. The molecule has 1 aromatic carbocycles. The van der Waals surface area contributed by atoms with Crippen LogP contribution < -0.4 is 4.74 Å². The highest BCUT2D eigenvalue weighted by Crippen LogP contribution is 2.38. The fourth-order valence-electron chi connectivity index (χ4n) is 2.40. The van der Waals surface area contributed by atoms with Crippen LogP contribution in [0.3, 0.4) is 0 Å². The summed E-state index contributed by atoms with van der Waals surface area (Å²) in [6.07, 6.45) is 5.14. The van der Waals surface area contributed by atoms with Gasteiger partial charge in [0.15, 0.2) is 0 Å². The van der Waals surface area contributed by atoms with Crippen molar-refractivity contribution >= 4 is 19.2 Å². The molecule has 5 nitrogen and oxygen atoms in total. The van der Waals surface area contributed by atoms with E-state index in [1.807, 2.05) is 64.1 Å². The van der Waals surface area contributed by atoms with Gasteiger partial charge >= 0.3 is 13.1 Å². The summed E-state index contributed by atoms with van der Waals surface area (Å²) in [5.74, 6) is 0.368. The van der Waals surface area contributed by atoms with Crippen molar-refractivity contribution in [2.45, 2.75) is 45.8 Å². The predicted octanol–water partition coefficient (Wildman–Crippen LogP) is 3.83. The number of esters is 1. The zero-order chi connectivity index (χ0) is 19.4. The largest absolute Gasteiger partial charge is 0.497 e. The Balaban J connectivity index is 2.27. The molecular formula is C20H27BO5. The van der Waals surface area contributed by atoms with Gasteiger partial charge in [0.1, 0.15) is 5.75 Å². The summed E-state index contributed by atoms with van der Waals surface area (Å²) in [5, 5.41) is 0. The maximum absolute atomic E-state index is 12.0. The number of carbonyl (C=O) groups excluding carboxylic acids is 1. The van der Waals surface area contributed by atoms with Crippen LogP contribution in [-0.2, 0) is 18.8 Å². The van der Waals surface area contributed by atoms with Gasteiger partial charge in [-0.25, -0.2) is 4.79 Å². The number of methoxy groups -OCH3 is 1. The fourth-order valence-corrected chi connectivity index (χ4v) is 2.40. The second-order valence-corrected chi connectivity index (χ2v) is 7.09. The first-order valence-electron chi connectivity index (χ1n) is 8.74. The van der Waals surface area contributed by atoms with Gasteiger partial charge in [-0.15, -0.1) is 0 Å². The highest BCUT2D eigenvalue weighted by molar-refractivity contribution is 6.56. The topological polar surface area (TPSA) is 54.0 Å². The van der Waals surface area contributed by atoms with Crippen LogP contribution in [0.25, 0.3) is 6.08 Å². The normalized spacial score (nSPS) is 19.0. The third-order valence-corrected chi connectivity index (χ3v) is 4.68. The van der Waals surface area contributed by atoms with Gasteiger partial charge in [0.2, 0.25) is 0 Å². The molecule has 0 spiro atoms. The van der Waals surface area contributed by atoms with Crippen LogP contribution in [-0.4, -0.2) is 38.0 Å². The highest BCUT2D eigenvalue weighted by Gasteiger charge is 2.52. The van der Waals surface area contributed by atoms with Crippen molar-refractivity contribution in [3.8, 4) is 5.75 Å². The lowest BCUT2D eigenvalue weighted by atomic mass is 9.77. The van der Waals surface area contributed by atoms with Gasteiger partial charge in [-0.3, -0.25) is 0 Å². The van der Waals surface area contributed by atoms with Crippen LogP contribution in [0.2, 0.25) is 0 Å². The zero-order valence-corrected chi connectivity index (χ0v) is 16.4. The molecule has 2 rings (SSSR count). The van der Waals surface area contributed by atoms with E-state index in [0.29, 0.717) is 12.1 Å². The zero-order valence-electron chi connectivity index (χ0n) is 16.4. The van der Waals surface area contributed by atoms with Crippen LogP contribution in [0.4, 0.5) is 0 Å². The third-order valence-electron chi connectivity index (χ3n) is 4.68. The molecule has 0 unspecified atom stereocenters. The molecule has 0 aliphatic carbocycles. The Morgan fingerprint density at radius 2 is 1.69 bits per heavy atom. The maximum Gasteiger partial charge on any atom is 0.495 e. The van der Waals surface area contributed by atoms with Crippen LogP contribution in [0, 0.1) is 0 Å². The molecule has 0 amide bonds. The van der Waals surface area contributed by atoms with Crippen molar-refractivity contribution in [1.29, 1.82) is 0 Å². The van der Waals surface area contributed by atoms with E-state index >= 15 is 0 Å². The molecule has 1 aliphatic rings. The van der Waals surface area contributed by atoms with Crippen LogP contribution >= 0.6 is 0 Å². The van der Waals surface area contributed by atoms with Gasteiger partial charge in [-0.1, -0.05) is 24.3 Å². The van der Waals surface area contributed by atoms with Gasteiger partial charge in [0.25, 0.3) is 0 Å². The quantitative estimate of drug-likeness (QED) is 0.335. The van der Waals surface area contributed by atoms with E-state index in [1.165, 1.54) is 6.08 Å². The molecule has 1 aliphatic heterocycles. The number of benzene rings is 1. The average molecular weight is 358 g/mol. The van der Waals surface area contributed by atoms with E-state index in [1.54, 1.807) is 14.0 Å². The van der Waals surface area contributed by atoms with Crippen LogP contribution in [0.15, 0.2) is 41.9 Å². The highest BCUT2D eigenvalue weighted by atomic mass is 16.7. The minimum Gasteiger partial charge on any atom is -0.497 e. The molecule has 0 saturated carbocycles. The molecule has 1 heterocycles. The SMILES string of the molecule is CCOC(=O)/C=C(/C=C/c1ccc(OC)cc1)B1OC(C)(C)C(C)(C)O1. The average Bonchev–Trinajstić information content (AvgIpc) is 2.80. The second-order valence-electron chi connectivity index (χ2n) is 7.09. The Hall–Kier alpha value is -2.05. The monoisotopic (exact) mass is 358 g/mol. The van der Waals surface area contributed by atoms with Crippen molar-refractivity contribution < 1.29 is 23.6 Å². The van der Waals surface area contributed by atoms with Crippen LogP contribution in [0.1, 0.15) is 40.2 Å². The summed E-state index contributed by atoms with van der Waals surface area (Å²) < 4.78 is 22.3. The first-order valence-corrected chi connectivity index (χ1v) is 8.74. The summed E-state index contributed by atoms with van der Waals surface area (Å²) in [7, 11) is 0.988. The molecule has 0 N–H and O–H groups in total.